The molecule has 0 aliphatic rings. The second-order valence-electron chi connectivity index (χ2n) is 8.26. The van der Waals surface area contributed by atoms with Gasteiger partial charge in [0.25, 0.3) is 5.91 Å². The topological polar surface area (TPSA) is 67.2 Å². The van der Waals surface area contributed by atoms with E-state index in [9.17, 15) is 4.79 Å². The van der Waals surface area contributed by atoms with Crippen molar-refractivity contribution in [2.75, 3.05) is 5.32 Å². The van der Waals surface area contributed by atoms with Crippen LogP contribution in [0.25, 0.3) is 22.6 Å². The first-order valence-corrected chi connectivity index (χ1v) is 10.9. The number of oxazole rings is 1. The van der Waals surface area contributed by atoms with Crippen molar-refractivity contribution in [3.05, 3.63) is 82.9 Å². The Kier molecular flexibility index (Phi) is 6.06. The summed E-state index contributed by atoms with van der Waals surface area (Å²) in [5.74, 6) is 0.764. The minimum Gasteiger partial charge on any atom is -0.436 e. The lowest BCUT2D eigenvalue weighted by Crippen LogP contribution is -2.34. The van der Waals surface area contributed by atoms with Gasteiger partial charge < -0.3 is 9.73 Å². The van der Waals surface area contributed by atoms with Crippen molar-refractivity contribution in [2.24, 2.45) is 0 Å². The molecular weight excluding hydrogens is 418 g/mol. The predicted octanol–water partition coefficient (Wildman–Crippen LogP) is 6.36. The van der Waals surface area contributed by atoms with Crippen LogP contribution in [-0.4, -0.2) is 16.0 Å². The second kappa shape index (κ2) is 8.93. The molecule has 0 aliphatic carbocycles. The molecule has 0 fully saturated rings. The lowest BCUT2D eigenvalue weighted by molar-refractivity contribution is 0.0977. The summed E-state index contributed by atoms with van der Waals surface area (Å²) < 4.78 is 5.92. The van der Waals surface area contributed by atoms with Crippen LogP contribution in [0.4, 0.5) is 5.69 Å². The maximum absolute atomic E-state index is 12.5. The van der Waals surface area contributed by atoms with Crippen LogP contribution in [0.15, 0.2) is 65.1 Å². The van der Waals surface area contributed by atoms with Crippen LogP contribution in [0.5, 0.6) is 0 Å². The van der Waals surface area contributed by atoms with Gasteiger partial charge in [0.15, 0.2) is 10.7 Å². The second-order valence-corrected chi connectivity index (χ2v) is 8.67. The fraction of sp³-hybridized carbons (Fsp3) is 0.192. The van der Waals surface area contributed by atoms with E-state index in [0.717, 1.165) is 33.5 Å². The zero-order chi connectivity index (χ0) is 22.8. The Hall–Kier alpha value is -3.51. The third-order valence-corrected chi connectivity index (χ3v) is 5.38. The van der Waals surface area contributed by atoms with Crippen LogP contribution in [0.1, 0.15) is 46.8 Å². The number of carbonyl (C=O) groups is 1. The van der Waals surface area contributed by atoms with Gasteiger partial charge in [0.2, 0.25) is 5.89 Å². The molecule has 0 saturated carbocycles. The van der Waals surface area contributed by atoms with E-state index in [1.807, 2.05) is 62.4 Å². The van der Waals surface area contributed by atoms with Gasteiger partial charge in [-0.3, -0.25) is 10.1 Å². The Morgan fingerprint density at radius 3 is 2.31 bits per heavy atom. The Labute approximate surface area is 192 Å². The molecule has 4 rings (SSSR count). The number of aromatic nitrogens is 1. The molecule has 0 spiro atoms. The van der Waals surface area contributed by atoms with E-state index in [4.69, 9.17) is 16.6 Å². The molecule has 6 heteroatoms. The Morgan fingerprint density at radius 2 is 1.66 bits per heavy atom. The van der Waals surface area contributed by atoms with Gasteiger partial charge in [0, 0.05) is 16.8 Å². The van der Waals surface area contributed by atoms with Crippen molar-refractivity contribution < 1.29 is 9.21 Å². The molecule has 0 aliphatic heterocycles. The van der Waals surface area contributed by atoms with Gasteiger partial charge in [-0.1, -0.05) is 37.1 Å². The molecule has 0 bridgehead atoms. The minimum atomic E-state index is -0.238. The van der Waals surface area contributed by atoms with Gasteiger partial charge in [-0.25, -0.2) is 4.98 Å². The number of rotatable bonds is 4. The molecule has 1 aromatic heterocycles. The van der Waals surface area contributed by atoms with E-state index in [1.54, 1.807) is 0 Å². The Morgan fingerprint density at radius 1 is 0.969 bits per heavy atom. The lowest BCUT2D eigenvalue weighted by Gasteiger charge is -2.10. The van der Waals surface area contributed by atoms with Crippen molar-refractivity contribution in [1.82, 2.24) is 10.3 Å². The van der Waals surface area contributed by atoms with E-state index in [2.05, 4.69) is 41.6 Å². The molecule has 4 aromatic rings. The minimum absolute atomic E-state index is 0.238. The van der Waals surface area contributed by atoms with E-state index in [1.165, 1.54) is 5.56 Å². The highest BCUT2D eigenvalue weighted by atomic mass is 32.1. The number of carbonyl (C=O) groups excluding carboxylic acids is 1. The molecule has 3 aromatic carbocycles. The highest BCUT2D eigenvalue weighted by Gasteiger charge is 2.12. The van der Waals surface area contributed by atoms with Crippen molar-refractivity contribution in [2.45, 2.75) is 33.6 Å². The van der Waals surface area contributed by atoms with E-state index in [-0.39, 0.29) is 11.0 Å². The molecule has 0 saturated heterocycles. The summed E-state index contributed by atoms with van der Waals surface area (Å²) >= 11 is 5.31. The summed E-state index contributed by atoms with van der Waals surface area (Å²) in [4.78, 5) is 17.1. The summed E-state index contributed by atoms with van der Waals surface area (Å²) in [5, 5.41) is 6.01. The van der Waals surface area contributed by atoms with E-state index >= 15 is 0 Å². The monoisotopic (exact) mass is 443 g/mol. The third-order valence-electron chi connectivity index (χ3n) is 5.18. The molecule has 162 valence electrons. The summed E-state index contributed by atoms with van der Waals surface area (Å²) in [6.45, 7) is 8.23. The summed E-state index contributed by atoms with van der Waals surface area (Å²) in [7, 11) is 0. The first-order chi connectivity index (χ1) is 15.3. The zero-order valence-electron chi connectivity index (χ0n) is 18.5. The first-order valence-electron chi connectivity index (χ1n) is 10.5. The van der Waals surface area contributed by atoms with E-state index in [0.29, 0.717) is 17.4 Å². The number of fused-ring (bicyclic) bond motifs is 1. The van der Waals surface area contributed by atoms with Gasteiger partial charge in [-0.15, -0.1) is 0 Å². The van der Waals surface area contributed by atoms with Crippen LogP contribution in [0.2, 0.25) is 0 Å². The lowest BCUT2D eigenvalue weighted by atomic mass is 10.0. The first kappa shape index (κ1) is 21.7. The predicted molar refractivity (Wildman–Crippen MR) is 133 cm³/mol. The number of hydrogen-bond acceptors (Lipinski definition) is 4. The molecule has 0 unspecified atom stereocenters. The van der Waals surface area contributed by atoms with Gasteiger partial charge in [0.1, 0.15) is 5.52 Å². The SMILES string of the molecule is Cc1cc(C)cc(C(=O)NC(=S)Nc2ccc(-c3nc4cc(C(C)C)ccc4o3)cc2)c1. The molecule has 2 N–H and O–H groups in total. The van der Waals surface area contributed by atoms with Crippen LogP contribution in [0, 0.1) is 13.8 Å². The number of anilines is 1. The third kappa shape index (κ3) is 4.86. The van der Waals surface area contributed by atoms with Gasteiger partial charge in [-0.2, -0.15) is 0 Å². The molecule has 0 radical (unpaired) electrons. The van der Waals surface area contributed by atoms with Gasteiger partial charge in [0.05, 0.1) is 0 Å². The fourth-order valence-electron chi connectivity index (χ4n) is 3.57. The summed E-state index contributed by atoms with van der Waals surface area (Å²) in [6.07, 6.45) is 0. The fourth-order valence-corrected chi connectivity index (χ4v) is 3.78. The standard InChI is InChI=1S/C26H25N3O2S/c1-15(2)19-7-10-23-22(14-19)28-25(31-23)18-5-8-21(9-6-18)27-26(32)29-24(30)20-12-16(3)11-17(4)13-20/h5-15H,1-4H3,(H2,27,29,30,32). The molecule has 1 amide bonds. The number of hydrogen-bond donors (Lipinski definition) is 2. The smallest absolute Gasteiger partial charge is 0.257 e. The number of nitrogens with one attached hydrogen (secondary N) is 2. The normalized spacial score (nSPS) is 11.0. The number of amides is 1. The van der Waals surface area contributed by atoms with E-state index < -0.39 is 0 Å². The Bertz CT molecular complexity index is 1290. The average molecular weight is 444 g/mol. The average Bonchev–Trinajstić information content (AvgIpc) is 3.16. The highest BCUT2D eigenvalue weighted by molar-refractivity contribution is 7.80. The van der Waals surface area contributed by atoms with Gasteiger partial charge in [-0.05, 0) is 86.1 Å². The van der Waals surface area contributed by atoms with Crippen molar-refractivity contribution in [1.29, 1.82) is 0 Å². The molecule has 1 heterocycles. The molecule has 5 nitrogen and oxygen atoms in total. The van der Waals surface area contributed by atoms with Crippen molar-refractivity contribution in [3.8, 4) is 11.5 Å². The number of aryl methyl sites for hydroxylation is 2. The Balaban J connectivity index is 1.44. The van der Waals surface area contributed by atoms with Crippen LogP contribution in [0.3, 0.4) is 0 Å². The van der Waals surface area contributed by atoms with Gasteiger partial charge >= 0.3 is 0 Å². The van der Waals surface area contributed by atoms with Crippen molar-refractivity contribution >= 4 is 40.0 Å². The zero-order valence-corrected chi connectivity index (χ0v) is 19.3. The molecular formula is C26H25N3O2S. The van der Waals surface area contributed by atoms with Crippen LogP contribution < -0.4 is 10.6 Å². The van der Waals surface area contributed by atoms with Crippen molar-refractivity contribution in [3.63, 3.8) is 0 Å². The quantitative estimate of drug-likeness (QED) is 0.359. The number of benzene rings is 3. The molecule has 0 atom stereocenters. The maximum atomic E-state index is 12.5. The summed E-state index contributed by atoms with van der Waals surface area (Å²) in [6, 6.07) is 19.4. The largest absolute Gasteiger partial charge is 0.436 e. The number of thiocarbonyl (C=S) groups is 1. The molecule has 32 heavy (non-hydrogen) atoms. The van der Waals surface area contributed by atoms with Crippen LogP contribution in [-0.2, 0) is 0 Å². The number of nitrogens with zero attached hydrogens (tertiary/aromatic N) is 1. The maximum Gasteiger partial charge on any atom is 0.257 e. The highest BCUT2D eigenvalue weighted by Crippen LogP contribution is 2.27. The van der Waals surface area contributed by atoms with Crippen LogP contribution >= 0.6 is 12.2 Å². The summed E-state index contributed by atoms with van der Waals surface area (Å²) in [5.41, 5.74) is 7.12.